The molecule has 0 spiro atoms. The molecule has 1 aliphatic rings. The van der Waals surface area contributed by atoms with Crippen LogP contribution < -0.4 is 5.32 Å². The molecule has 128 valence electrons. The maximum Gasteiger partial charge on any atom is 0.230 e. The minimum Gasteiger partial charge on any atom is -0.353 e. The van der Waals surface area contributed by atoms with Crippen molar-refractivity contribution in [2.24, 2.45) is 0 Å². The second kappa shape index (κ2) is 6.65. The van der Waals surface area contributed by atoms with Gasteiger partial charge in [-0.15, -0.1) is 11.3 Å². The van der Waals surface area contributed by atoms with Gasteiger partial charge in [0.1, 0.15) is 5.82 Å². The number of aryl methyl sites for hydroxylation is 1. The van der Waals surface area contributed by atoms with Crippen molar-refractivity contribution in [1.29, 1.82) is 0 Å². The Morgan fingerprint density at radius 2 is 1.96 bits per heavy atom. The van der Waals surface area contributed by atoms with Crippen LogP contribution >= 0.6 is 11.3 Å². The lowest BCUT2D eigenvalue weighted by atomic mass is 9.95. The van der Waals surface area contributed by atoms with Crippen LogP contribution in [-0.2, 0) is 10.2 Å². The lowest BCUT2D eigenvalue weighted by molar-refractivity contribution is -0.123. The lowest BCUT2D eigenvalue weighted by Gasteiger charge is -2.26. The summed E-state index contributed by atoms with van der Waals surface area (Å²) in [5.41, 5.74) is 1.71. The fraction of sp³-hybridized carbons (Fsp3) is 0.421. The predicted octanol–water partition coefficient (Wildman–Crippen LogP) is 3.65. The van der Waals surface area contributed by atoms with E-state index in [-0.39, 0.29) is 17.8 Å². The third-order valence-electron chi connectivity index (χ3n) is 4.87. The number of amides is 1. The highest BCUT2D eigenvalue weighted by Crippen LogP contribution is 2.48. The normalized spacial score (nSPS) is 16.9. The van der Waals surface area contributed by atoms with Crippen molar-refractivity contribution >= 4 is 17.2 Å². The highest BCUT2D eigenvalue weighted by molar-refractivity contribution is 7.10. The number of carbonyl (C=O) groups is 1. The fourth-order valence-electron chi connectivity index (χ4n) is 3.13. The molecule has 0 bridgehead atoms. The van der Waals surface area contributed by atoms with E-state index in [2.05, 4.69) is 28.6 Å². The molecule has 3 nitrogen and oxygen atoms in total. The van der Waals surface area contributed by atoms with Crippen molar-refractivity contribution in [3.63, 3.8) is 0 Å². The van der Waals surface area contributed by atoms with Gasteiger partial charge in [0.05, 0.1) is 11.5 Å². The number of nitrogens with one attached hydrogen (secondary N) is 1. The molecule has 1 aromatic heterocycles. The second-order valence-electron chi connectivity index (χ2n) is 6.75. The van der Waals surface area contributed by atoms with E-state index < -0.39 is 5.41 Å². The highest BCUT2D eigenvalue weighted by atomic mass is 32.1. The molecule has 1 aliphatic carbocycles. The molecule has 2 aromatic rings. The Morgan fingerprint density at radius 3 is 2.46 bits per heavy atom. The number of halogens is 1. The van der Waals surface area contributed by atoms with Crippen LogP contribution in [0, 0.1) is 12.7 Å². The highest BCUT2D eigenvalue weighted by Gasteiger charge is 2.51. The number of hydrogen-bond donors (Lipinski definition) is 1. The number of hydrogen-bond acceptors (Lipinski definition) is 3. The molecule has 1 saturated carbocycles. The van der Waals surface area contributed by atoms with Gasteiger partial charge in [-0.25, -0.2) is 4.39 Å². The first-order chi connectivity index (χ1) is 11.4. The van der Waals surface area contributed by atoms with Crippen LogP contribution in [0.25, 0.3) is 0 Å². The summed E-state index contributed by atoms with van der Waals surface area (Å²) in [5, 5.41) is 5.21. The van der Waals surface area contributed by atoms with Gasteiger partial charge in [-0.3, -0.25) is 4.79 Å². The number of thiophene rings is 1. The van der Waals surface area contributed by atoms with Gasteiger partial charge in [0.2, 0.25) is 5.91 Å². The third kappa shape index (κ3) is 3.23. The molecule has 1 N–H and O–H groups in total. The molecular formula is C19H23FN2OS. The minimum absolute atomic E-state index is 0.0511. The first-order valence-corrected chi connectivity index (χ1v) is 9.07. The summed E-state index contributed by atoms with van der Waals surface area (Å²) in [5.74, 6) is -0.217. The van der Waals surface area contributed by atoms with Crippen molar-refractivity contribution in [3.8, 4) is 0 Å². The number of nitrogens with zero attached hydrogens (tertiary/aromatic N) is 1. The van der Waals surface area contributed by atoms with Gasteiger partial charge in [-0.05, 0) is 68.6 Å². The summed E-state index contributed by atoms with van der Waals surface area (Å²) in [6, 6.07) is 8.60. The van der Waals surface area contributed by atoms with Crippen molar-refractivity contribution in [2.75, 3.05) is 20.6 Å². The van der Waals surface area contributed by atoms with Crippen LogP contribution in [0.5, 0.6) is 0 Å². The Morgan fingerprint density at radius 1 is 1.29 bits per heavy atom. The third-order valence-corrected chi connectivity index (χ3v) is 5.99. The molecule has 3 rings (SSSR count). The van der Waals surface area contributed by atoms with E-state index in [1.54, 1.807) is 23.5 Å². The van der Waals surface area contributed by atoms with Gasteiger partial charge < -0.3 is 10.2 Å². The molecule has 1 heterocycles. The predicted molar refractivity (Wildman–Crippen MR) is 95.8 cm³/mol. The molecule has 0 unspecified atom stereocenters. The van der Waals surface area contributed by atoms with Crippen molar-refractivity contribution in [3.05, 3.63) is 57.5 Å². The number of likely N-dealkylation sites (N-methyl/N-ethyl adjacent to an activating group) is 1. The largest absolute Gasteiger partial charge is 0.353 e. The smallest absolute Gasteiger partial charge is 0.230 e. The zero-order valence-corrected chi connectivity index (χ0v) is 15.1. The van der Waals surface area contributed by atoms with E-state index in [4.69, 9.17) is 0 Å². The van der Waals surface area contributed by atoms with Crippen LogP contribution in [0.3, 0.4) is 0 Å². The number of rotatable bonds is 6. The molecule has 0 radical (unpaired) electrons. The van der Waals surface area contributed by atoms with E-state index in [9.17, 15) is 9.18 Å². The topological polar surface area (TPSA) is 32.3 Å². The number of carbonyl (C=O) groups excluding carboxylic acids is 1. The average Bonchev–Trinajstić information content (AvgIpc) is 3.26. The first-order valence-electron chi connectivity index (χ1n) is 8.19. The maximum absolute atomic E-state index is 13.1. The molecule has 24 heavy (non-hydrogen) atoms. The summed E-state index contributed by atoms with van der Waals surface area (Å²) in [6.45, 7) is 2.68. The van der Waals surface area contributed by atoms with E-state index in [0.29, 0.717) is 6.54 Å². The quantitative estimate of drug-likeness (QED) is 0.866. The van der Waals surface area contributed by atoms with Crippen LogP contribution in [0.2, 0.25) is 0 Å². The fourth-order valence-corrected chi connectivity index (χ4v) is 4.26. The van der Waals surface area contributed by atoms with Crippen molar-refractivity contribution in [1.82, 2.24) is 10.2 Å². The zero-order valence-electron chi connectivity index (χ0n) is 14.3. The van der Waals surface area contributed by atoms with Crippen LogP contribution in [-0.4, -0.2) is 31.4 Å². The Labute approximate surface area is 146 Å². The van der Waals surface area contributed by atoms with Crippen molar-refractivity contribution in [2.45, 2.75) is 31.2 Å². The SMILES string of the molecule is Cc1ccsc1[C@@H](CNC(=O)C1(c2ccc(F)cc2)CC1)N(C)C. The van der Waals surface area contributed by atoms with Gasteiger partial charge in [-0.2, -0.15) is 0 Å². The monoisotopic (exact) mass is 346 g/mol. The summed E-state index contributed by atoms with van der Waals surface area (Å²) >= 11 is 1.72. The van der Waals surface area contributed by atoms with Crippen LogP contribution in [0.1, 0.15) is 34.9 Å². The molecule has 1 fully saturated rings. The van der Waals surface area contributed by atoms with Crippen LogP contribution in [0.15, 0.2) is 35.7 Å². The van der Waals surface area contributed by atoms with Gasteiger partial charge in [-0.1, -0.05) is 12.1 Å². The Hall–Kier alpha value is -1.72. The van der Waals surface area contributed by atoms with E-state index in [1.807, 2.05) is 14.1 Å². The average molecular weight is 346 g/mol. The first kappa shape index (κ1) is 17.1. The summed E-state index contributed by atoms with van der Waals surface area (Å²) in [4.78, 5) is 16.2. The standard InChI is InChI=1S/C19H23FN2OS/c1-13-8-11-24-17(13)16(22(2)3)12-21-18(23)19(9-10-19)14-4-6-15(20)7-5-14/h4-8,11,16H,9-10,12H2,1-3H3,(H,21,23)/t16-/m1/s1. The summed E-state index contributed by atoms with van der Waals surface area (Å²) in [7, 11) is 4.06. The Balaban J connectivity index is 1.70. The van der Waals surface area contributed by atoms with E-state index in [1.165, 1.54) is 22.6 Å². The minimum atomic E-state index is -0.463. The van der Waals surface area contributed by atoms with Gasteiger partial charge in [0, 0.05) is 11.4 Å². The molecule has 0 saturated heterocycles. The molecule has 1 amide bonds. The summed E-state index contributed by atoms with van der Waals surface area (Å²) < 4.78 is 13.1. The second-order valence-corrected chi connectivity index (χ2v) is 7.69. The Bertz CT molecular complexity index is 719. The molecule has 0 aliphatic heterocycles. The molecule has 1 aromatic carbocycles. The van der Waals surface area contributed by atoms with E-state index in [0.717, 1.165) is 18.4 Å². The van der Waals surface area contributed by atoms with Gasteiger partial charge in [0.15, 0.2) is 0 Å². The van der Waals surface area contributed by atoms with Gasteiger partial charge in [0.25, 0.3) is 0 Å². The Kier molecular flexibility index (Phi) is 4.74. The maximum atomic E-state index is 13.1. The molecular weight excluding hydrogens is 323 g/mol. The van der Waals surface area contributed by atoms with Gasteiger partial charge >= 0.3 is 0 Å². The summed E-state index contributed by atoms with van der Waals surface area (Å²) in [6.07, 6.45) is 1.66. The zero-order chi connectivity index (χ0) is 17.3. The molecule has 1 atom stereocenters. The van der Waals surface area contributed by atoms with Crippen LogP contribution in [0.4, 0.5) is 4.39 Å². The number of benzene rings is 1. The lowest BCUT2D eigenvalue weighted by Crippen LogP contribution is -2.40. The molecule has 5 heteroatoms. The van der Waals surface area contributed by atoms with E-state index >= 15 is 0 Å². The van der Waals surface area contributed by atoms with Crippen molar-refractivity contribution < 1.29 is 9.18 Å².